The predicted octanol–water partition coefficient (Wildman–Crippen LogP) is 3.35. The van der Waals surface area contributed by atoms with Crippen LogP contribution in [0.5, 0.6) is 0 Å². The van der Waals surface area contributed by atoms with E-state index in [0.29, 0.717) is 23.6 Å². The number of nitrogens with zero attached hydrogens (tertiary/aromatic N) is 3. The largest absolute Gasteiger partial charge is 0.384 e. The maximum atomic E-state index is 6.01. The van der Waals surface area contributed by atoms with Gasteiger partial charge in [-0.25, -0.2) is 9.97 Å². The van der Waals surface area contributed by atoms with Crippen molar-refractivity contribution in [3.8, 4) is 11.4 Å². The van der Waals surface area contributed by atoms with Crippen LogP contribution in [0.15, 0.2) is 36.4 Å². The number of piperidine rings is 1. The molecule has 0 saturated carbocycles. The lowest BCUT2D eigenvalue weighted by molar-refractivity contribution is 0.388. The van der Waals surface area contributed by atoms with Crippen molar-refractivity contribution >= 4 is 11.6 Å². The summed E-state index contributed by atoms with van der Waals surface area (Å²) in [5.74, 6) is 2.87. The molecule has 1 aromatic carbocycles. The van der Waals surface area contributed by atoms with Crippen LogP contribution in [0.1, 0.15) is 26.7 Å². The Morgan fingerprint density at radius 1 is 1.10 bits per heavy atom. The van der Waals surface area contributed by atoms with Crippen LogP contribution in [-0.4, -0.2) is 22.6 Å². The summed E-state index contributed by atoms with van der Waals surface area (Å²) in [4.78, 5) is 11.5. The molecule has 0 bridgehead atoms. The molecule has 1 fully saturated rings. The van der Waals surface area contributed by atoms with Gasteiger partial charge in [-0.15, -0.1) is 0 Å². The highest BCUT2D eigenvalue weighted by Crippen LogP contribution is 2.28. The molecule has 0 amide bonds. The van der Waals surface area contributed by atoms with Gasteiger partial charge in [0.05, 0.1) is 0 Å². The molecule has 1 aliphatic rings. The van der Waals surface area contributed by atoms with E-state index in [4.69, 9.17) is 10.7 Å². The van der Waals surface area contributed by atoms with Crippen molar-refractivity contribution in [3.05, 3.63) is 36.4 Å². The van der Waals surface area contributed by atoms with Gasteiger partial charge in [-0.1, -0.05) is 37.3 Å². The SMILES string of the molecule is CC1CCC(C)N(c2cc(N)nc(-c3ccccc3)n2)C1. The quantitative estimate of drug-likeness (QED) is 0.917. The van der Waals surface area contributed by atoms with Crippen LogP contribution in [0.25, 0.3) is 11.4 Å². The molecule has 2 unspecified atom stereocenters. The average Bonchev–Trinajstić information content (AvgIpc) is 2.50. The normalized spacial score (nSPS) is 22.3. The van der Waals surface area contributed by atoms with E-state index in [0.717, 1.165) is 17.9 Å². The molecule has 110 valence electrons. The lowest BCUT2D eigenvalue weighted by atomic mass is 9.95. The Bertz CT molecular complexity index is 611. The molecule has 2 atom stereocenters. The molecule has 1 aromatic heterocycles. The van der Waals surface area contributed by atoms with Crippen molar-refractivity contribution in [3.63, 3.8) is 0 Å². The molecule has 3 rings (SSSR count). The molecule has 0 aliphatic carbocycles. The lowest BCUT2D eigenvalue weighted by Gasteiger charge is -2.37. The second-order valence-corrected chi connectivity index (χ2v) is 6.02. The highest BCUT2D eigenvalue weighted by molar-refractivity contribution is 5.61. The van der Waals surface area contributed by atoms with Crippen molar-refractivity contribution in [2.45, 2.75) is 32.7 Å². The monoisotopic (exact) mass is 282 g/mol. The molecule has 2 N–H and O–H groups in total. The van der Waals surface area contributed by atoms with E-state index < -0.39 is 0 Å². The Morgan fingerprint density at radius 2 is 1.86 bits per heavy atom. The highest BCUT2D eigenvalue weighted by atomic mass is 15.2. The van der Waals surface area contributed by atoms with E-state index in [1.165, 1.54) is 12.8 Å². The van der Waals surface area contributed by atoms with Crippen LogP contribution in [0, 0.1) is 5.92 Å². The Kier molecular flexibility index (Phi) is 3.78. The summed E-state index contributed by atoms with van der Waals surface area (Å²) in [7, 11) is 0. The molecule has 0 spiro atoms. The molecular formula is C17H22N4. The summed E-state index contributed by atoms with van der Waals surface area (Å²) in [5, 5.41) is 0. The number of hydrogen-bond donors (Lipinski definition) is 1. The lowest BCUT2D eigenvalue weighted by Crippen LogP contribution is -2.41. The number of benzene rings is 1. The fraction of sp³-hybridized carbons (Fsp3) is 0.412. The maximum absolute atomic E-state index is 6.01. The standard InChI is InChI=1S/C17H22N4/c1-12-8-9-13(2)21(11-12)16-10-15(18)19-17(20-16)14-6-4-3-5-7-14/h3-7,10,12-13H,8-9,11H2,1-2H3,(H2,18,19,20). The van der Waals surface area contributed by atoms with E-state index in [2.05, 4.69) is 23.7 Å². The Morgan fingerprint density at radius 3 is 2.62 bits per heavy atom. The van der Waals surface area contributed by atoms with Gasteiger partial charge in [0, 0.05) is 24.2 Å². The van der Waals surface area contributed by atoms with Gasteiger partial charge in [0.25, 0.3) is 0 Å². The van der Waals surface area contributed by atoms with Gasteiger partial charge >= 0.3 is 0 Å². The summed E-state index contributed by atoms with van der Waals surface area (Å²) in [6.07, 6.45) is 2.48. The minimum absolute atomic E-state index is 0.499. The van der Waals surface area contributed by atoms with Gasteiger partial charge in [0.1, 0.15) is 11.6 Å². The van der Waals surface area contributed by atoms with Crippen LogP contribution in [-0.2, 0) is 0 Å². The van der Waals surface area contributed by atoms with Gasteiger partial charge in [-0.3, -0.25) is 0 Å². The minimum atomic E-state index is 0.499. The maximum Gasteiger partial charge on any atom is 0.163 e. The van der Waals surface area contributed by atoms with E-state index in [1.807, 2.05) is 36.4 Å². The van der Waals surface area contributed by atoms with Gasteiger partial charge in [-0.05, 0) is 25.7 Å². The zero-order valence-electron chi connectivity index (χ0n) is 12.7. The summed E-state index contributed by atoms with van der Waals surface area (Å²) < 4.78 is 0. The molecule has 2 heterocycles. The van der Waals surface area contributed by atoms with E-state index in [1.54, 1.807) is 0 Å². The number of nitrogen functional groups attached to an aromatic ring is 1. The van der Waals surface area contributed by atoms with Crippen molar-refractivity contribution in [2.24, 2.45) is 5.92 Å². The fourth-order valence-corrected chi connectivity index (χ4v) is 2.92. The van der Waals surface area contributed by atoms with Crippen LogP contribution < -0.4 is 10.6 Å². The van der Waals surface area contributed by atoms with Gasteiger partial charge < -0.3 is 10.6 Å². The Balaban J connectivity index is 1.98. The second kappa shape index (κ2) is 5.72. The third-order valence-corrected chi connectivity index (χ3v) is 4.18. The first-order chi connectivity index (χ1) is 10.1. The molecular weight excluding hydrogens is 260 g/mol. The van der Waals surface area contributed by atoms with Gasteiger partial charge in [0.2, 0.25) is 0 Å². The van der Waals surface area contributed by atoms with Gasteiger partial charge in [-0.2, -0.15) is 0 Å². The van der Waals surface area contributed by atoms with Gasteiger partial charge in [0.15, 0.2) is 5.82 Å². The van der Waals surface area contributed by atoms with Crippen molar-refractivity contribution in [2.75, 3.05) is 17.2 Å². The van der Waals surface area contributed by atoms with E-state index in [9.17, 15) is 0 Å². The first-order valence-electron chi connectivity index (χ1n) is 7.60. The highest BCUT2D eigenvalue weighted by Gasteiger charge is 2.24. The van der Waals surface area contributed by atoms with Crippen LogP contribution in [0.4, 0.5) is 11.6 Å². The fourth-order valence-electron chi connectivity index (χ4n) is 2.92. The number of aromatic nitrogens is 2. The van der Waals surface area contributed by atoms with Crippen molar-refractivity contribution < 1.29 is 0 Å². The van der Waals surface area contributed by atoms with Crippen LogP contribution >= 0.6 is 0 Å². The molecule has 0 radical (unpaired) electrons. The molecule has 1 aliphatic heterocycles. The van der Waals surface area contributed by atoms with Crippen molar-refractivity contribution in [1.29, 1.82) is 0 Å². The zero-order valence-corrected chi connectivity index (χ0v) is 12.7. The van der Waals surface area contributed by atoms with Crippen molar-refractivity contribution in [1.82, 2.24) is 9.97 Å². The number of nitrogens with two attached hydrogens (primary N) is 1. The third-order valence-electron chi connectivity index (χ3n) is 4.18. The minimum Gasteiger partial charge on any atom is -0.384 e. The van der Waals surface area contributed by atoms with E-state index in [-0.39, 0.29) is 0 Å². The molecule has 4 heteroatoms. The van der Waals surface area contributed by atoms with E-state index >= 15 is 0 Å². The first-order valence-corrected chi connectivity index (χ1v) is 7.60. The van der Waals surface area contributed by atoms with Crippen LogP contribution in [0.3, 0.4) is 0 Å². The topological polar surface area (TPSA) is 55.0 Å². The average molecular weight is 282 g/mol. The molecule has 21 heavy (non-hydrogen) atoms. The summed E-state index contributed by atoms with van der Waals surface area (Å²) in [5.41, 5.74) is 7.01. The molecule has 4 nitrogen and oxygen atoms in total. The molecule has 2 aromatic rings. The number of anilines is 2. The third kappa shape index (κ3) is 2.99. The summed E-state index contributed by atoms with van der Waals surface area (Å²) >= 11 is 0. The zero-order chi connectivity index (χ0) is 14.8. The number of hydrogen-bond acceptors (Lipinski definition) is 4. The first kappa shape index (κ1) is 13.9. The second-order valence-electron chi connectivity index (χ2n) is 6.02. The smallest absolute Gasteiger partial charge is 0.163 e. The Labute approximate surface area is 126 Å². The molecule has 1 saturated heterocycles. The Hall–Kier alpha value is -2.10. The summed E-state index contributed by atoms with van der Waals surface area (Å²) in [6.45, 7) is 5.58. The number of rotatable bonds is 2. The summed E-state index contributed by atoms with van der Waals surface area (Å²) in [6, 6.07) is 12.4. The van der Waals surface area contributed by atoms with Crippen LogP contribution in [0.2, 0.25) is 0 Å². The predicted molar refractivity (Wildman–Crippen MR) is 87.1 cm³/mol.